The quantitative estimate of drug-likeness (QED) is 0.715. The van der Waals surface area contributed by atoms with Crippen LogP contribution >= 0.6 is 0 Å². The molecule has 2 rings (SSSR count). The van der Waals surface area contributed by atoms with Gasteiger partial charge >= 0.3 is 99.7 Å². The molecule has 1 saturated heterocycles. The van der Waals surface area contributed by atoms with E-state index >= 15 is 0 Å². The van der Waals surface area contributed by atoms with Crippen molar-refractivity contribution in [3.05, 3.63) is 35.6 Å². The van der Waals surface area contributed by atoms with Crippen molar-refractivity contribution in [2.24, 2.45) is 0 Å². The van der Waals surface area contributed by atoms with E-state index in [1.807, 2.05) is 12.1 Å². The Kier molecular flexibility index (Phi) is 3.51. The molecule has 0 spiro atoms. The number of rotatable bonds is 1. The average molecular weight is 388 g/mol. The summed E-state index contributed by atoms with van der Waals surface area (Å²) in [6, 6.07) is 7.05. The van der Waals surface area contributed by atoms with E-state index in [1.165, 1.54) is 24.5 Å². The summed E-state index contributed by atoms with van der Waals surface area (Å²) in [5, 5.41) is 0. The first-order valence-corrected chi connectivity index (χ1v) is 6.23. The van der Waals surface area contributed by atoms with E-state index in [-0.39, 0.29) is 5.82 Å². The van der Waals surface area contributed by atoms with Crippen LogP contribution in [0.25, 0.3) is 0 Å². The maximum absolute atomic E-state index is 13.0. The van der Waals surface area contributed by atoms with Gasteiger partial charge in [-0.1, -0.05) is 0 Å². The molecule has 3 heteroatoms. The van der Waals surface area contributed by atoms with Crippen molar-refractivity contribution in [1.82, 2.24) is 2.84 Å². The van der Waals surface area contributed by atoms with Gasteiger partial charge in [0.1, 0.15) is 0 Å². The molecule has 0 N–H and O–H groups in total. The molecule has 0 bridgehead atoms. The Balaban J connectivity index is 2.08. The van der Waals surface area contributed by atoms with Gasteiger partial charge in [-0.25, -0.2) is 0 Å². The normalized spacial score (nSPS) is 19.9. The minimum atomic E-state index is -0.106. The van der Waals surface area contributed by atoms with Gasteiger partial charge in [0.05, 0.1) is 0 Å². The van der Waals surface area contributed by atoms with Crippen LogP contribution in [0.2, 0.25) is 0 Å². The summed E-state index contributed by atoms with van der Waals surface area (Å²) in [5.74, 6) is 0.460. The Hall–Kier alpha value is -0.00688. The SMILES string of the molecule is Fc1cccc(C2CCN([At])CC2)c1. The minimum absolute atomic E-state index is 0.106. The van der Waals surface area contributed by atoms with Crippen LogP contribution < -0.4 is 0 Å². The van der Waals surface area contributed by atoms with Crippen LogP contribution in [0, 0.1) is 30.8 Å². The second-order valence-corrected chi connectivity index (χ2v) is 5.60. The predicted molar refractivity (Wildman–Crippen MR) is 49.9 cm³/mol. The summed E-state index contributed by atoms with van der Waals surface area (Å²) in [6.07, 6.45) is 2.33. The van der Waals surface area contributed by atoms with Gasteiger partial charge in [-0.05, 0) is 0 Å². The molecule has 1 heterocycles. The van der Waals surface area contributed by atoms with Crippen LogP contribution in [0.4, 0.5) is 4.39 Å². The van der Waals surface area contributed by atoms with Crippen molar-refractivity contribution in [3.8, 4) is 0 Å². The fourth-order valence-electron chi connectivity index (χ4n) is 1.94. The van der Waals surface area contributed by atoms with Crippen LogP contribution in [0.15, 0.2) is 24.3 Å². The summed E-state index contributed by atoms with van der Waals surface area (Å²) < 4.78 is 15.4. The van der Waals surface area contributed by atoms with E-state index in [2.05, 4.69) is 2.84 Å². The molecule has 0 amide bonds. The Morgan fingerprint density at radius 3 is 2.64 bits per heavy atom. The van der Waals surface area contributed by atoms with Crippen molar-refractivity contribution in [3.63, 3.8) is 0 Å². The molecule has 0 aromatic heterocycles. The predicted octanol–water partition coefficient (Wildman–Crippen LogP) is 2.47. The van der Waals surface area contributed by atoms with Crippen molar-refractivity contribution in [1.29, 1.82) is 0 Å². The van der Waals surface area contributed by atoms with Gasteiger partial charge in [0.2, 0.25) is 0 Å². The molecule has 0 atom stereocenters. The number of piperidine rings is 1. The van der Waals surface area contributed by atoms with Gasteiger partial charge in [-0.2, -0.15) is 0 Å². The summed E-state index contributed by atoms with van der Waals surface area (Å²) in [6.45, 7) is 2.30. The van der Waals surface area contributed by atoms with Gasteiger partial charge in [0.15, 0.2) is 0 Å². The Labute approximate surface area is 99.5 Å². The molecule has 76 valence electrons. The molecule has 1 fully saturated rings. The number of hydrogen-bond acceptors (Lipinski definition) is 1. The molecular weight excluding hydrogens is 375 g/mol. The second-order valence-electron chi connectivity index (χ2n) is 3.74. The van der Waals surface area contributed by atoms with Gasteiger partial charge in [0, 0.05) is 0 Å². The molecule has 14 heavy (non-hydrogen) atoms. The first-order chi connectivity index (χ1) is 6.75. The zero-order chi connectivity index (χ0) is 9.97. The average Bonchev–Trinajstić information content (AvgIpc) is 2.19. The molecular formula is C11H13AtFN. The fourth-order valence-corrected chi connectivity index (χ4v) is 2.70. The third-order valence-corrected chi connectivity index (χ3v) is 4.07. The molecule has 0 saturated carbocycles. The zero-order valence-corrected chi connectivity index (χ0v) is 10.9. The van der Waals surface area contributed by atoms with Gasteiger partial charge in [-0.3, -0.25) is 0 Å². The van der Waals surface area contributed by atoms with Gasteiger partial charge < -0.3 is 0 Å². The molecule has 1 aliphatic heterocycles. The molecule has 0 radical (unpaired) electrons. The number of hydrogen-bond donors (Lipinski definition) is 0. The van der Waals surface area contributed by atoms with Crippen LogP contribution in [0.3, 0.4) is 0 Å². The Morgan fingerprint density at radius 1 is 1.29 bits per heavy atom. The molecule has 0 aliphatic carbocycles. The summed E-state index contributed by atoms with van der Waals surface area (Å²) in [7, 11) is 0. The monoisotopic (exact) mass is 388 g/mol. The summed E-state index contributed by atoms with van der Waals surface area (Å²) >= 11 is 1.75. The standard InChI is InChI=1S/C11H13AtFN/c12-14-6-4-9(5-7-14)10-2-1-3-11(13)8-10/h1-3,8-9H,4-7H2. The molecule has 1 aliphatic rings. The molecule has 1 aromatic rings. The molecule has 0 unspecified atom stereocenters. The van der Waals surface area contributed by atoms with E-state index in [1.54, 1.807) is 31.1 Å². The first kappa shape index (κ1) is 10.5. The zero-order valence-electron chi connectivity index (χ0n) is 7.92. The second kappa shape index (κ2) is 4.68. The van der Waals surface area contributed by atoms with E-state index < -0.39 is 0 Å². The van der Waals surface area contributed by atoms with Crippen LogP contribution in [0.1, 0.15) is 24.3 Å². The van der Waals surface area contributed by atoms with E-state index in [4.69, 9.17) is 0 Å². The van der Waals surface area contributed by atoms with Crippen molar-refractivity contribution in [2.45, 2.75) is 18.8 Å². The topological polar surface area (TPSA) is 3.24 Å². The maximum atomic E-state index is 13.0. The third-order valence-electron chi connectivity index (χ3n) is 2.76. The number of nitrogens with zero attached hydrogens (tertiary/aromatic N) is 1. The van der Waals surface area contributed by atoms with E-state index in [9.17, 15) is 4.39 Å². The van der Waals surface area contributed by atoms with Gasteiger partial charge in [0.25, 0.3) is 0 Å². The van der Waals surface area contributed by atoms with Gasteiger partial charge in [-0.15, -0.1) is 0 Å². The van der Waals surface area contributed by atoms with Crippen molar-refractivity contribution in [2.75, 3.05) is 13.1 Å². The summed E-state index contributed by atoms with van der Waals surface area (Å²) in [4.78, 5) is 0. The molecule has 1 nitrogen and oxygen atoms in total. The fraction of sp³-hybridized carbons (Fsp3) is 0.455. The number of benzene rings is 1. The first-order valence-electron chi connectivity index (χ1n) is 4.92. The van der Waals surface area contributed by atoms with E-state index in [0.29, 0.717) is 5.92 Å². The molecule has 1 aromatic carbocycles. The van der Waals surface area contributed by atoms with Crippen LogP contribution in [-0.4, -0.2) is 15.9 Å². The van der Waals surface area contributed by atoms with E-state index in [0.717, 1.165) is 13.1 Å². The van der Waals surface area contributed by atoms with Crippen LogP contribution in [0.5, 0.6) is 0 Å². The summed E-state index contributed by atoms with van der Waals surface area (Å²) in [5.41, 5.74) is 1.17. The third kappa shape index (κ3) is 2.52. The Bertz CT molecular complexity index is 308. The van der Waals surface area contributed by atoms with Crippen molar-refractivity contribution < 1.29 is 29.4 Å². The Morgan fingerprint density at radius 2 is 2.00 bits per heavy atom. The number of halogens is 1. The van der Waals surface area contributed by atoms with Crippen LogP contribution in [-0.2, 0) is 0 Å². The van der Waals surface area contributed by atoms with Crippen molar-refractivity contribution >= 4 is 0 Å².